The highest BCUT2D eigenvalue weighted by Gasteiger charge is 2.12. The van der Waals surface area contributed by atoms with Gasteiger partial charge < -0.3 is 5.32 Å². The van der Waals surface area contributed by atoms with E-state index in [1.54, 1.807) is 12.1 Å². The zero-order valence-corrected chi connectivity index (χ0v) is 12.3. The summed E-state index contributed by atoms with van der Waals surface area (Å²) in [6.07, 6.45) is 2.05. The van der Waals surface area contributed by atoms with Crippen molar-refractivity contribution in [1.29, 1.82) is 0 Å². The van der Waals surface area contributed by atoms with Crippen molar-refractivity contribution in [3.05, 3.63) is 32.4 Å². The summed E-state index contributed by atoms with van der Waals surface area (Å²) in [4.78, 5) is 11.9. The molecule has 1 unspecified atom stereocenters. The van der Waals surface area contributed by atoms with E-state index in [0.717, 1.165) is 16.4 Å². The van der Waals surface area contributed by atoms with Gasteiger partial charge in [-0.3, -0.25) is 4.79 Å². The van der Waals surface area contributed by atoms with Gasteiger partial charge in [0.05, 0.1) is 5.56 Å². The third kappa shape index (κ3) is 3.94. The Kier molecular flexibility index (Phi) is 5.55. The number of halogens is 2. The Hall–Kier alpha value is -0.290. The van der Waals surface area contributed by atoms with Crippen LogP contribution in [0, 0.1) is 3.57 Å². The first-order chi connectivity index (χ1) is 7.54. The molecule has 0 spiro atoms. The lowest BCUT2D eigenvalue weighted by Crippen LogP contribution is -2.32. The lowest BCUT2D eigenvalue weighted by atomic mass is 10.1. The van der Waals surface area contributed by atoms with E-state index in [1.165, 1.54) is 0 Å². The fourth-order valence-corrected chi connectivity index (χ4v) is 2.23. The minimum Gasteiger partial charge on any atom is -0.350 e. The van der Waals surface area contributed by atoms with E-state index < -0.39 is 0 Å². The van der Waals surface area contributed by atoms with Gasteiger partial charge in [-0.05, 0) is 54.1 Å². The lowest BCUT2D eigenvalue weighted by Gasteiger charge is -2.13. The van der Waals surface area contributed by atoms with Crippen LogP contribution in [0.4, 0.5) is 0 Å². The van der Waals surface area contributed by atoms with Crippen LogP contribution in [-0.4, -0.2) is 11.9 Å². The molecule has 4 heteroatoms. The number of carbonyl (C=O) groups is 1. The van der Waals surface area contributed by atoms with Crippen molar-refractivity contribution in [3.63, 3.8) is 0 Å². The Balaban J connectivity index is 2.76. The van der Waals surface area contributed by atoms with Crippen LogP contribution in [0.25, 0.3) is 0 Å². The van der Waals surface area contributed by atoms with E-state index in [4.69, 9.17) is 11.6 Å². The molecule has 1 aromatic rings. The SMILES string of the molecule is CCCC(C)NC(=O)c1cc(Cl)ccc1I. The second-order valence-corrected chi connectivity index (χ2v) is 5.39. The monoisotopic (exact) mass is 351 g/mol. The van der Waals surface area contributed by atoms with Crippen molar-refractivity contribution in [3.8, 4) is 0 Å². The fraction of sp³-hybridized carbons (Fsp3) is 0.417. The summed E-state index contributed by atoms with van der Waals surface area (Å²) >= 11 is 8.02. The summed E-state index contributed by atoms with van der Waals surface area (Å²) in [6.45, 7) is 4.12. The first-order valence-corrected chi connectivity index (χ1v) is 6.76. The van der Waals surface area contributed by atoms with Crippen molar-refractivity contribution in [1.82, 2.24) is 5.32 Å². The number of carbonyl (C=O) groups excluding carboxylic acids is 1. The van der Waals surface area contributed by atoms with Crippen LogP contribution in [-0.2, 0) is 0 Å². The topological polar surface area (TPSA) is 29.1 Å². The largest absolute Gasteiger partial charge is 0.350 e. The van der Waals surface area contributed by atoms with E-state index >= 15 is 0 Å². The quantitative estimate of drug-likeness (QED) is 0.820. The van der Waals surface area contributed by atoms with Crippen molar-refractivity contribution < 1.29 is 4.79 Å². The highest BCUT2D eigenvalue weighted by Crippen LogP contribution is 2.18. The Labute approximate surface area is 115 Å². The molecule has 0 aliphatic rings. The predicted octanol–water partition coefficient (Wildman–Crippen LogP) is 3.86. The fourth-order valence-electron chi connectivity index (χ4n) is 1.48. The average Bonchev–Trinajstić information content (AvgIpc) is 2.21. The molecule has 1 amide bonds. The molecular formula is C12H15ClINO. The molecule has 0 fully saturated rings. The van der Waals surface area contributed by atoms with E-state index in [2.05, 4.69) is 34.8 Å². The smallest absolute Gasteiger partial charge is 0.252 e. The molecule has 2 nitrogen and oxygen atoms in total. The highest BCUT2D eigenvalue weighted by molar-refractivity contribution is 14.1. The molecule has 88 valence electrons. The molecular weight excluding hydrogens is 336 g/mol. The van der Waals surface area contributed by atoms with E-state index in [9.17, 15) is 4.79 Å². The molecule has 1 aromatic carbocycles. The maximum Gasteiger partial charge on any atom is 0.252 e. The van der Waals surface area contributed by atoms with Crippen LogP contribution < -0.4 is 5.32 Å². The molecule has 1 atom stereocenters. The number of amides is 1. The van der Waals surface area contributed by atoms with E-state index in [0.29, 0.717) is 10.6 Å². The van der Waals surface area contributed by atoms with Crippen LogP contribution in [0.2, 0.25) is 5.02 Å². The zero-order chi connectivity index (χ0) is 12.1. The molecule has 0 aliphatic heterocycles. The van der Waals surface area contributed by atoms with Gasteiger partial charge in [-0.1, -0.05) is 24.9 Å². The zero-order valence-electron chi connectivity index (χ0n) is 9.39. The first kappa shape index (κ1) is 13.8. The second kappa shape index (κ2) is 6.45. The minimum absolute atomic E-state index is 0.0483. The Morgan fingerprint density at radius 1 is 1.56 bits per heavy atom. The van der Waals surface area contributed by atoms with Gasteiger partial charge in [-0.2, -0.15) is 0 Å². The minimum atomic E-state index is -0.0483. The van der Waals surface area contributed by atoms with Crippen LogP contribution >= 0.6 is 34.2 Å². The maximum atomic E-state index is 11.9. The summed E-state index contributed by atoms with van der Waals surface area (Å²) in [5.41, 5.74) is 0.649. The molecule has 0 saturated carbocycles. The average molecular weight is 352 g/mol. The summed E-state index contributed by atoms with van der Waals surface area (Å²) in [7, 11) is 0. The van der Waals surface area contributed by atoms with Crippen molar-refractivity contribution >= 4 is 40.1 Å². The van der Waals surface area contributed by atoms with Crippen molar-refractivity contribution in [2.75, 3.05) is 0 Å². The number of nitrogens with one attached hydrogen (secondary N) is 1. The normalized spacial score (nSPS) is 12.2. The van der Waals surface area contributed by atoms with Gasteiger partial charge in [-0.15, -0.1) is 0 Å². The summed E-state index contributed by atoms with van der Waals surface area (Å²) in [5, 5.41) is 3.55. The lowest BCUT2D eigenvalue weighted by molar-refractivity contribution is 0.0937. The maximum absolute atomic E-state index is 11.9. The molecule has 1 rings (SSSR count). The standard InChI is InChI=1S/C12H15ClINO/c1-3-4-8(2)15-12(16)10-7-9(13)5-6-11(10)14/h5-8H,3-4H2,1-2H3,(H,15,16). The molecule has 0 radical (unpaired) electrons. The van der Waals surface area contributed by atoms with Gasteiger partial charge in [0.25, 0.3) is 5.91 Å². The number of hydrogen-bond acceptors (Lipinski definition) is 1. The van der Waals surface area contributed by atoms with E-state index in [1.807, 2.05) is 13.0 Å². The van der Waals surface area contributed by atoms with Crippen LogP contribution in [0.5, 0.6) is 0 Å². The second-order valence-electron chi connectivity index (χ2n) is 3.79. The highest BCUT2D eigenvalue weighted by atomic mass is 127. The third-order valence-corrected chi connectivity index (χ3v) is 3.45. The molecule has 0 aliphatic carbocycles. The predicted molar refractivity (Wildman–Crippen MR) is 76.0 cm³/mol. The van der Waals surface area contributed by atoms with Gasteiger partial charge in [0.15, 0.2) is 0 Å². The number of rotatable bonds is 4. The van der Waals surface area contributed by atoms with Crippen LogP contribution in [0.3, 0.4) is 0 Å². The van der Waals surface area contributed by atoms with Crippen molar-refractivity contribution in [2.24, 2.45) is 0 Å². The van der Waals surface area contributed by atoms with Gasteiger partial charge in [0.2, 0.25) is 0 Å². The Morgan fingerprint density at radius 3 is 2.88 bits per heavy atom. The molecule has 0 heterocycles. The first-order valence-electron chi connectivity index (χ1n) is 5.30. The van der Waals surface area contributed by atoms with Gasteiger partial charge >= 0.3 is 0 Å². The number of benzene rings is 1. The van der Waals surface area contributed by atoms with Crippen molar-refractivity contribution in [2.45, 2.75) is 32.7 Å². The van der Waals surface area contributed by atoms with Crippen LogP contribution in [0.1, 0.15) is 37.0 Å². The summed E-state index contributed by atoms with van der Waals surface area (Å²) in [5.74, 6) is -0.0483. The number of hydrogen-bond donors (Lipinski definition) is 1. The molecule has 16 heavy (non-hydrogen) atoms. The van der Waals surface area contributed by atoms with Gasteiger partial charge in [0, 0.05) is 14.6 Å². The van der Waals surface area contributed by atoms with Crippen LogP contribution in [0.15, 0.2) is 18.2 Å². The third-order valence-electron chi connectivity index (χ3n) is 2.27. The summed E-state index contributed by atoms with van der Waals surface area (Å²) < 4.78 is 0.920. The Bertz CT molecular complexity index is 381. The molecule has 0 aromatic heterocycles. The van der Waals surface area contributed by atoms with E-state index in [-0.39, 0.29) is 11.9 Å². The Morgan fingerprint density at radius 2 is 2.25 bits per heavy atom. The van der Waals surface area contributed by atoms with Gasteiger partial charge in [0.1, 0.15) is 0 Å². The van der Waals surface area contributed by atoms with Gasteiger partial charge in [-0.25, -0.2) is 0 Å². The molecule has 1 N–H and O–H groups in total. The molecule has 0 bridgehead atoms. The molecule has 0 saturated heterocycles. The summed E-state index contributed by atoms with van der Waals surface area (Å²) in [6, 6.07) is 5.54.